The van der Waals surface area contributed by atoms with Gasteiger partial charge in [-0.25, -0.2) is 18.0 Å². The normalized spacial score (nSPS) is 30.9. The second-order valence-corrected chi connectivity index (χ2v) is 9.68. The number of aliphatic hydroxyl groups excluding tert-OH is 1. The highest BCUT2D eigenvalue weighted by molar-refractivity contribution is 7.93. The second kappa shape index (κ2) is 7.46. The van der Waals surface area contributed by atoms with E-state index < -0.39 is 69.5 Å². The number of fused-ring (bicyclic) bond motifs is 1. The molecule has 0 aromatic heterocycles. The van der Waals surface area contributed by atoms with Gasteiger partial charge in [-0.1, -0.05) is 0 Å². The third-order valence-corrected chi connectivity index (χ3v) is 7.89. The van der Waals surface area contributed by atoms with Crippen LogP contribution in [0, 0.1) is 5.92 Å². The van der Waals surface area contributed by atoms with Crippen LogP contribution in [-0.2, 0) is 43.1 Å². The molecule has 13 heteroatoms. The van der Waals surface area contributed by atoms with Gasteiger partial charge in [0, 0.05) is 0 Å². The van der Waals surface area contributed by atoms with E-state index in [9.17, 15) is 27.9 Å². The van der Waals surface area contributed by atoms with Gasteiger partial charge in [0.05, 0.1) is 30.5 Å². The molecule has 3 fully saturated rings. The van der Waals surface area contributed by atoms with Crippen molar-refractivity contribution < 1.29 is 51.6 Å². The van der Waals surface area contributed by atoms with E-state index in [1.807, 2.05) is 0 Å². The highest BCUT2D eigenvalue weighted by Gasteiger charge is 2.72. The SMILES string of the molecule is CC1(C)[C@H](C(=O)OCOC(=O)OC2COCOC2)N2C(=O)[C@@H](CO)[C@H]2S1(=O)=O. The summed E-state index contributed by atoms with van der Waals surface area (Å²) in [5.74, 6) is -2.80. The van der Waals surface area contributed by atoms with Gasteiger partial charge >= 0.3 is 12.1 Å². The number of carbonyl (C=O) groups excluding carboxylic acids is 3. The van der Waals surface area contributed by atoms with Crippen molar-refractivity contribution in [2.75, 3.05) is 33.4 Å². The van der Waals surface area contributed by atoms with E-state index in [1.54, 1.807) is 0 Å². The number of β-lactam (4-membered cyclic amide) rings is 1. The number of aliphatic hydroxyl groups is 1. The van der Waals surface area contributed by atoms with Gasteiger partial charge in [0.2, 0.25) is 12.7 Å². The van der Waals surface area contributed by atoms with Crippen LogP contribution in [0.5, 0.6) is 0 Å². The lowest BCUT2D eigenvalue weighted by molar-refractivity contribution is -0.177. The summed E-state index contributed by atoms with van der Waals surface area (Å²) < 4.78 is 47.9. The quantitative estimate of drug-likeness (QED) is 0.308. The van der Waals surface area contributed by atoms with Crippen LogP contribution in [0.3, 0.4) is 0 Å². The molecule has 158 valence electrons. The average Bonchev–Trinajstić information content (AvgIpc) is 2.77. The van der Waals surface area contributed by atoms with Crippen molar-refractivity contribution in [2.45, 2.75) is 36.1 Å². The van der Waals surface area contributed by atoms with Gasteiger partial charge in [-0.15, -0.1) is 0 Å². The fourth-order valence-corrected chi connectivity index (χ4v) is 5.78. The number of rotatable bonds is 5. The van der Waals surface area contributed by atoms with Crippen molar-refractivity contribution in [3.05, 3.63) is 0 Å². The van der Waals surface area contributed by atoms with Gasteiger partial charge in [-0.05, 0) is 13.8 Å². The Hall–Kier alpha value is -1.96. The largest absolute Gasteiger partial charge is 0.511 e. The Morgan fingerprint density at radius 1 is 1.25 bits per heavy atom. The van der Waals surface area contributed by atoms with Crippen molar-refractivity contribution in [2.24, 2.45) is 5.92 Å². The van der Waals surface area contributed by atoms with Crippen LogP contribution >= 0.6 is 0 Å². The Morgan fingerprint density at radius 3 is 2.50 bits per heavy atom. The standard InChI is InChI=1S/C15H21NO11S/c1-15(2)10(16-11(18)9(3-17)12(16)28(15,21)22)13(19)25-7-26-14(20)27-8-4-23-6-24-5-8/h8-10,12,17H,3-7H2,1-2H3/t9-,10+,12-/m1/s1. The zero-order valence-corrected chi connectivity index (χ0v) is 16.0. The van der Waals surface area contributed by atoms with E-state index in [2.05, 4.69) is 4.74 Å². The lowest BCUT2D eigenvalue weighted by Gasteiger charge is -2.42. The molecular weight excluding hydrogens is 402 g/mol. The molecule has 3 aliphatic rings. The number of esters is 1. The highest BCUT2D eigenvalue weighted by Crippen LogP contribution is 2.48. The van der Waals surface area contributed by atoms with Gasteiger partial charge < -0.3 is 33.7 Å². The summed E-state index contributed by atoms with van der Waals surface area (Å²) in [6, 6.07) is -1.42. The van der Waals surface area contributed by atoms with Gasteiger partial charge in [0.15, 0.2) is 15.9 Å². The van der Waals surface area contributed by atoms with Gasteiger partial charge in [0.25, 0.3) is 0 Å². The Labute approximate surface area is 160 Å². The molecule has 3 saturated heterocycles. The van der Waals surface area contributed by atoms with Crippen molar-refractivity contribution in [1.29, 1.82) is 0 Å². The first-order valence-electron chi connectivity index (χ1n) is 8.45. The molecule has 0 spiro atoms. The van der Waals surface area contributed by atoms with Gasteiger partial charge in [0.1, 0.15) is 18.2 Å². The molecule has 0 aliphatic carbocycles. The molecular formula is C15H21NO11S. The molecule has 0 unspecified atom stereocenters. The third kappa shape index (κ3) is 3.21. The molecule has 1 N–H and O–H groups in total. The maximum absolute atomic E-state index is 12.7. The van der Waals surface area contributed by atoms with Crippen LogP contribution < -0.4 is 0 Å². The van der Waals surface area contributed by atoms with Crippen LogP contribution in [0.25, 0.3) is 0 Å². The van der Waals surface area contributed by atoms with Gasteiger partial charge in [-0.2, -0.15) is 0 Å². The molecule has 0 saturated carbocycles. The van der Waals surface area contributed by atoms with Crippen molar-refractivity contribution in [1.82, 2.24) is 4.90 Å². The Balaban J connectivity index is 1.58. The monoisotopic (exact) mass is 423 g/mol. The fraction of sp³-hybridized carbons (Fsp3) is 0.800. The summed E-state index contributed by atoms with van der Waals surface area (Å²) in [6.45, 7) is 1.50. The first-order chi connectivity index (χ1) is 13.1. The number of amides is 1. The Morgan fingerprint density at radius 2 is 1.89 bits per heavy atom. The van der Waals surface area contributed by atoms with Crippen molar-refractivity contribution in [3.63, 3.8) is 0 Å². The molecule has 0 radical (unpaired) electrons. The molecule has 1 amide bonds. The van der Waals surface area contributed by atoms with Crippen LogP contribution in [0.15, 0.2) is 0 Å². The van der Waals surface area contributed by atoms with E-state index in [4.69, 9.17) is 18.9 Å². The second-order valence-electron chi connectivity index (χ2n) is 7.05. The molecule has 0 aromatic rings. The fourth-order valence-electron chi connectivity index (χ4n) is 3.48. The van der Waals surface area contributed by atoms with Gasteiger partial charge in [-0.3, -0.25) is 4.79 Å². The number of nitrogens with zero attached hydrogens (tertiary/aromatic N) is 1. The third-order valence-electron chi connectivity index (χ3n) is 5.01. The zero-order chi connectivity index (χ0) is 20.7. The molecule has 0 aromatic carbocycles. The predicted molar refractivity (Wildman–Crippen MR) is 87.1 cm³/mol. The molecule has 28 heavy (non-hydrogen) atoms. The summed E-state index contributed by atoms with van der Waals surface area (Å²) in [4.78, 5) is 37.0. The minimum atomic E-state index is -3.93. The zero-order valence-electron chi connectivity index (χ0n) is 15.2. The number of ether oxygens (including phenoxy) is 5. The van der Waals surface area contributed by atoms with Crippen LogP contribution in [0.1, 0.15) is 13.8 Å². The lowest BCUT2D eigenvalue weighted by Crippen LogP contribution is -2.64. The van der Waals surface area contributed by atoms with E-state index >= 15 is 0 Å². The number of hydrogen-bond acceptors (Lipinski definition) is 11. The van der Waals surface area contributed by atoms with E-state index in [-0.39, 0.29) is 20.0 Å². The summed E-state index contributed by atoms with van der Waals surface area (Å²) in [6.07, 6.45) is -1.78. The molecule has 3 heterocycles. The van der Waals surface area contributed by atoms with E-state index in [0.717, 1.165) is 4.90 Å². The lowest BCUT2D eigenvalue weighted by atomic mass is 9.92. The van der Waals surface area contributed by atoms with Crippen molar-refractivity contribution in [3.8, 4) is 0 Å². The first-order valence-corrected chi connectivity index (χ1v) is 9.99. The van der Waals surface area contributed by atoms with Crippen LogP contribution in [0.4, 0.5) is 4.79 Å². The van der Waals surface area contributed by atoms with E-state index in [1.165, 1.54) is 13.8 Å². The number of carbonyl (C=O) groups is 3. The maximum Gasteiger partial charge on any atom is 0.511 e. The van der Waals surface area contributed by atoms with Crippen LogP contribution in [0.2, 0.25) is 0 Å². The minimum absolute atomic E-state index is 0.0972. The maximum atomic E-state index is 12.7. The Kier molecular flexibility index (Phi) is 5.53. The summed E-state index contributed by atoms with van der Waals surface area (Å²) >= 11 is 0. The summed E-state index contributed by atoms with van der Waals surface area (Å²) in [7, 11) is -3.93. The number of sulfone groups is 1. The molecule has 0 bridgehead atoms. The molecule has 3 rings (SSSR count). The average molecular weight is 423 g/mol. The molecule has 3 aliphatic heterocycles. The number of hydrogen-bond donors (Lipinski definition) is 1. The van der Waals surface area contributed by atoms with Crippen LogP contribution in [-0.4, -0.2) is 92.1 Å². The summed E-state index contributed by atoms with van der Waals surface area (Å²) in [5.41, 5.74) is 0. The topological polar surface area (TPSA) is 155 Å². The molecule has 12 nitrogen and oxygen atoms in total. The highest BCUT2D eigenvalue weighted by atomic mass is 32.2. The van der Waals surface area contributed by atoms with Crippen molar-refractivity contribution >= 4 is 27.9 Å². The molecule has 3 atom stereocenters. The first kappa shape index (κ1) is 20.8. The predicted octanol–water partition coefficient (Wildman–Crippen LogP) is -1.63. The minimum Gasteiger partial charge on any atom is -0.426 e. The Bertz CT molecular complexity index is 758. The summed E-state index contributed by atoms with van der Waals surface area (Å²) in [5, 5.41) is 7.97. The smallest absolute Gasteiger partial charge is 0.426 e. The van der Waals surface area contributed by atoms with E-state index in [0.29, 0.717) is 0 Å².